The Labute approximate surface area is 239 Å². The van der Waals surface area contributed by atoms with Crippen molar-refractivity contribution in [1.29, 1.82) is 0 Å². The predicted octanol–water partition coefficient (Wildman–Crippen LogP) is 5.00. The fraction of sp³-hybridized carbons (Fsp3) is 0.414. The lowest BCUT2D eigenvalue weighted by Crippen LogP contribution is -2.64. The highest BCUT2D eigenvalue weighted by Crippen LogP contribution is 2.49. The first-order chi connectivity index (χ1) is 19.6. The fourth-order valence-electron chi connectivity index (χ4n) is 6.26. The third-order valence-corrected chi connectivity index (χ3v) is 8.64. The highest BCUT2D eigenvalue weighted by atomic mass is 35.5. The van der Waals surface area contributed by atoms with Gasteiger partial charge in [0.15, 0.2) is 0 Å². The second kappa shape index (κ2) is 10.6. The van der Waals surface area contributed by atoms with Crippen LogP contribution in [0.25, 0.3) is 0 Å². The number of amides is 2. The third-order valence-electron chi connectivity index (χ3n) is 8.43. The van der Waals surface area contributed by atoms with Gasteiger partial charge in [-0.3, -0.25) is 14.6 Å². The maximum absolute atomic E-state index is 14.3. The van der Waals surface area contributed by atoms with Crippen LogP contribution in [0.5, 0.6) is 0 Å². The van der Waals surface area contributed by atoms with Crippen LogP contribution in [0.1, 0.15) is 59.5 Å². The summed E-state index contributed by atoms with van der Waals surface area (Å²) in [4.78, 5) is 42.6. The number of hydrogen-bond donors (Lipinski definition) is 1. The number of carbonyl (C=O) groups excluding carboxylic acids is 2. The van der Waals surface area contributed by atoms with E-state index in [1.807, 2.05) is 6.92 Å². The molecule has 6 rings (SSSR count). The number of benzene rings is 1. The quantitative estimate of drug-likeness (QED) is 0.438. The molecule has 3 aliphatic rings. The molecular formula is C29H28ClF3N6O2. The van der Waals surface area contributed by atoms with Gasteiger partial charge in [-0.1, -0.05) is 17.7 Å². The number of anilines is 2. The van der Waals surface area contributed by atoms with Gasteiger partial charge in [0, 0.05) is 31.9 Å². The minimum absolute atomic E-state index is 0.0363. The van der Waals surface area contributed by atoms with Crippen LogP contribution >= 0.6 is 11.6 Å². The van der Waals surface area contributed by atoms with Crippen LogP contribution in [-0.2, 0) is 10.2 Å². The number of rotatable bonds is 6. The average Bonchev–Trinajstić information content (AvgIpc) is 3.16. The van der Waals surface area contributed by atoms with Crippen LogP contribution in [0.3, 0.4) is 0 Å². The number of carbonyl (C=O) groups is 2. The predicted molar refractivity (Wildman–Crippen MR) is 147 cm³/mol. The molecule has 2 amide bonds. The van der Waals surface area contributed by atoms with Gasteiger partial charge in [-0.05, 0) is 62.3 Å². The first kappa shape index (κ1) is 27.4. The number of aryl methyl sites for hydroxylation is 1. The van der Waals surface area contributed by atoms with E-state index in [2.05, 4.69) is 25.2 Å². The summed E-state index contributed by atoms with van der Waals surface area (Å²) in [5, 5.41) is 2.95. The van der Waals surface area contributed by atoms with Gasteiger partial charge in [-0.2, -0.15) is 0 Å². The van der Waals surface area contributed by atoms with Crippen LogP contribution < -0.4 is 15.1 Å². The molecule has 0 unspecified atom stereocenters. The summed E-state index contributed by atoms with van der Waals surface area (Å²) in [7, 11) is 0. The van der Waals surface area contributed by atoms with Crippen LogP contribution in [0.15, 0.2) is 42.9 Å². The normalized spacial score (nSPS) is 21.3. The Morgan fingerprint density at radius 3 is 2.49 bits per heavy atom. The van der Waals surface area contributed by atoms with Crippen molar-refractivity contribution in [3.05, 3.63) is 76.3 Å². The standard InChI is InChI=1S/C29H28ClF3N6O2/c1-16-34-11-21(12-35-16)38-14-29(15-38)23-7-4-19(31)9-24(23)39(28(29)41)13-17-2-5-20(6-3-17)37-27(40)22-8-18(30)10-36-25(22)26(32)33/h4,7-12,17,20,26H,2-3,5-6,13-15H2,1H3,(H,37,40)/t17-,20-. The largest absolute Gasteiger partial charge is 0.366 e. The van der Waals surface area contributed by atoms with Gasteiger partial charge < -0.3 is 15.1 Å². The van der Waals surface area contributed by atoms with E-state index >= 15 is 0 Å². The molecule has 1 saturated heterocycles. The zero-order chi connectivity index (χ0) is 28.9. The Balaban J connectivity index is 1.11. The lowest BCUT2D eigenvalue weighted by Gasteiger charge is -2.48. The molecule has 12 heteroatoms. The van der Waals surface area contributed by atoms with Crippen molar-refractivity contribution < 1.29 is 22.8 Å². The van der Waals surface area contributed by atoms with E-state index < -0.39 is 29.3 Å². The number of alkyl halides is 2. The number of nitrogens with zero attached hydrogens (tertiary/aromatic N) is 5. The van der Waals surface area contributed by atoms with Crippen molar-refractivity contribution in [1.82, 2.24) is 20.3 Å². The van der Waals surface area contributed by atoms with Crippen LogP contribution in [0, 0.1) is 18.7 Å². The summed E-state index contributed by atoms with van der Waals surface area (Å²) < 4.78 is 41.1. The van der Waals surface area contributed by atoms with Crippen molar-refractivity contribution in [3.8, 4) is 0 Å². The van der Waals surface area contributed by atoms with E-state index in [0.717, 1.165) is 17.4 Å². The number of halogens is 4. The Bertz CT molecular complexity index is 1490. The molecule has 1 spiro atoms. The molecule has 41 heavy (non-hydrogen) atoms. The fourth-order valence-corrected chi connectivity index (χ4v) is 6.41. The SMILES string of the molecule is Cc1ncc(N2CC3(C2)C(=O)N(C[C@H]2CC[C@H](NC(=O)c4cc(Cl)cnc4C(F)F)CC2)c2cc(F)ccc23)cn1. The number of pyridine rings is 1. The van der Waals surface area contributed by atoms with Gasteiger partial charge in [0.25, 0.3) is 12.3 Å². The molecule has 0 bridgehead atoms. The number of nitrogens with one attached hydrogen (secondary N) is 1. The molecule has 4 heterocycles. The van der Waals surface area contributed by atoms with Gasteiger partial charge in [-0.25, -0.2) is 23.1 Å². The van der Waals surface area contributed by atoms with Crippen molar-refractivity contribution in [2.45, 2.75) is 50.5 Å². The molecule has 0 radical (unpaired) electrons. The highest BCUT2D eigenvalue weighted by molar-refractivity contribution is 6.30. The number of fused-ring (bicyclic) bond motifs is 2. The Morgan fingerprint density at radius 1 is 1.10 bits per heavy atom. The summed E-state index contributed by atoms with van der Waals surface area (Å²) in [5.74, 6) is -0.253. The molecule has 1 aromatic carbocycles. The van der Waals surface area contributed by atoms with Crippen LogP contribution in [0.2, 0.25) is 5.02 Å². The molecule has 2 aliphatic heterocycles. The van der Waals surface area contributed by atoms with Crippen LogP contribution in [0.4, 0.5) is 24.5 Å². The lowest BCUT2D eigenvalue weighted by molar-refractivity contribution is -0.124. The molecule has 1 N–H and O–H groups in total. The molecule has 2 aromatic heterocycles. The van der Waals surface area contributed by atoms with Gasteiger partial charge >= 0.3 is 0 Å². The Kier molecular flexibility index (Phi) is 7.09. The molecule has 3 aromatic rings. The summed E-state index contributed by atoms with van der Waals surface area (Å²) in [6, 6.07) is 5.56. The smallest absolute Gasteiger partial charge is 0.281 e. The van der Waals surface area contributed by atoms with E-state index in [1.165, 1.54) is 18.2 Å². The zero-order valence-corrected chi connectivity index (χ0v) is 23.0. The summed E-state index contributed by atoms with van der Waals surface area (Å²) in [5.41, 5.74) is 0.709. The first-order valence-corrected chi connectivity index (χ1v) is 13.9. The Morgan fingerprint density at radius 2 is 1.80 bits per heavy atom. The summed E-state index contributed by atoms with van der Waals surface area (Å²) >= 11 is 5.89. The van der Waals surface area contributed by atoms with Crippen molar-refractivity contribution >= 4 is 34.8 Å². The summed E-state index contributed by atoms with van der Waals surface area (Å²) in [6.45, 7) is 3.18. The van der Waals surface area contributed by atoms with Gasteiger partial charge in [0.2, 0.25) is 5.91 Å². The third kappa shape index (κ3) is 5.00. The van der Waals surface area contributed by atoms with E-state index in [-0.39, 0.29) is 28.5 Å². The molecular weight excluding hydrogens is 557 g/mol. The molecule has 1 saturated carbocycles. The van der Waals surface area contributed by atoms with Crippen LogP contribution in [-0.4, -0.2) is 52.4 Å². The summed E-state index contributed by atoms with van der Waals surface area (Å²) in [6.07, 6.45) is 4.36. The maximum atomic E-state index is 14.3. The maximum Gasteiger partial charge on any atom is 0.281 e. The highest BCUT2D eigenvalue weighted by Gasteiger charge is 2.58. The van der Waals surface area contributed by atoms with E-state index in [4.69, 9.17) is 11.6 Å². The van der Waals surface area contributed by atoms with E-state index in [0.29, 0.717) is 56.8 Å². The average molecular weight is 585 g/mol. The second-order valence-corrected chi connectivity index (χ2v) is 11.5. The zero-order valence-electron chi connectivity index (χ0n) is 22.3. The molecule has 8 nitrogen and oxygen atoms in total. The molecule has 214 valence electrons. The topological polar surface area (TPSA) is 91.3 Å². The second-order valence-electron chi connectivity index (χ2n) is 11.1. The first-order valence-electron chi connectivity index (χ1n) is 13.5. The van der Waals surface area contributed by atoms with Crippen molar-refractivity contribution in [3.63, 3.8) is 0 Å². The van der Waals surface area contributed by atoms with E-state index in [1.54, 1.807) is 23.4 Å². The lowest BCUT2D eigenvalue weighted by atomic mass is 9.74. The Hall–Kier alpha value is -3.73. The van der Waals surface area contributed by atoms with E-state index in [9.17, 15) is 22.8 Å². The van der Waals surface area contributed by atoms with Gasteiger partial charge in [-0.15, -0.1) is 0 Å². The van der Waals surface area contributed by atoms with Crippen molar-refractivity contribution in [2.24, 2.45) is 5.92 Å². The van der Waals surface area contributed by atoms with Gasteiger partial charge in [0.1, 0.15) is 22.8 Å². The molecule has 2 fully saturated rings. The number of hydrogen-bond acceptors (Lipinski definition) is 6. The van der Waals surface area contributed by atoms with Crippen molar-refractivity contribution in [2.75, 3.05) is 29.4 Å². The van der Waals surface area contributed by atoms with Gasteiger partial charge in [0.05, 0.1) is 34.4 Å². The molecule has 1 aliphatic carbocycles. The minimum atomic E-state index is -2.90. The number of aromatic nitrogens is 3. The monoisotopic (exact) mass is 584 g/mol. The molecule has 0 atom stereocenters. The minimum Gasteiger partial charge on any atom is -0.366 e.